The van der Waals surface area contributed by atoms with Crippen molar-refractivity contribution in [1.82, 2.24) is 10.2 Å². The molecule has 0 aliphatic carbocycles. The average Bonchev–Trinajstić information content (AvgIpc) is 2.27. The Morgan fingerprint density at radius 1 is 1.25 bits per heavy atom. The largest absolute Gasteiger partial charge is 0.314 e. The zero-order valence-corrected chi connectivity index (χ0v) is 11.7. The highest BCUT2D eigenvalue weighted by Gasteiger charge is 2.27. The predicted molar refractivity (Wildman–Crippen MR) is 71.8 cm³/mol. The molecule has 1 aliphatic heterocycles. The van der Waals surface area contributed by atoms with Crippen molar-refractivity contribution >= 4 is 0 Å². The lowest BCUT2D eigenvalue weighted by Crippen LogP contribution is -2.39. The van der Waals surface area contributed by atoms with Crippen molar-refractivity contribution in [1.29, 1.82) is 0 Å². The topological polar surface area (TPSA) is 15.3 Å². The fourth-order valence-electron chi connectivity index (χ4n) is 2.36. The van der Waals surface area contributed by atoms with Crippen molar-refractivity contribution in [3.63, 3.8) is 0 Å². The van der Waals surface area contributed by atoms with E-state index in [1.54, 1.807) is 0 Å². The standard InChI is InChI=1S/C14H30N2/c1-5-14(4)7-11-16(12-8-14)10-6-9-15-13(2)3/h13,15H,5-12H2,1-4H3. The fourth-order valence-corrected chi connectivity index (χ4v) is 2.36. The third-order valence-corrected chi connectivity index (χ3v) is 4.12. The first-order chi connectivity index (χ1) is 7.56. The summed E-state index contributed by atoms with van der Waals surface area (Å²) in [6.45, 7) is 14.3. The molecule has 0 amide bonds. The second-order valence-corrected chi connectivity index (χ2v) is 5.97. The Hall–Kier alpha value is -0.0800. The Kier molecular flexibility index (Phi) is 5.77. The molecular formula is C14H30N2. The van der Waals surface area contributed by atoms with Gasteiger partial charge in [0.2, 0.25) is 0 Å². The summed E-state index contributed by atoms with van der Waals surface area (Å²) in [6.07, 6.45) is 5.42. The van der Waals surface area contributed by atoms with E-state index in [9.17, 15) is 0 Å². The van der Waals surface area contributed by atoms with Crippen molar-refractivity contribution in [3.8, 4) is 0 Å². The van der Waals surface area contributed by atoms with E-state index in [0.717, 1.165) is 0 Å². The SMILES string of the molecule is CCC1(C)CCN(CCCNC(C)C)CC1. The van der Waals surface area contributed by atoms with Crippen LogP contribution in [0.5, 0.6) is 0 Å². The number of nitrogens with zero attached hydrogens (tertiary/aromatic N) is 1. The Bertz CT molecular complexity index is 181. The molecule has 1 heterocycles. The van der Waals surface area contributed by atoms with Crippen LogP contribution in [0.1, 0.15) is 53.4 Å². The number of hydrogen-bond donors (Lipinski definition) is 1. The predicted octanol–water partition coefficient (Wildman–Crippen LogP) is 2.89. The number of likely N-dealkylation sites (tertiary alicyclic amines) is 1. The molecule has 2 nitrogen and oxygen atoms in total. The van der Waals surface area contributed by atoms with E-state index in [4.69, 9.17) is 0 Å². The zero-order chi connectivity index (χ0) is 12.0. The van der Waals surface area contributed by atoms with Crippen LogP contribution in [-0.2, 0) is 0 Å². The molecule has 16 heavy (non-hydrogen) atoms. The van der Waals surface area contributed by atoms with Gasteiger partial charge >= 0.3 is 0 Å². The average molecular weight is 226 g/mol. The first-order valence-electron chi connectivity index (χ1n) is 7.01. The third kappa shape index (κ3) is 4.84. The number of rotatable bonds is 6. The van der Waals surface area contributed by atoms with Gasteiger partial charge in [-0.05, 0) is 50.9 Å². The maximum Gasteiger partial charge on any atom is 0.00103 e. The summed E-state index contributed by atoms with van der Waals surface area (Å²) >= 11 is 0. The minimum absolute atomic E-state index is 0.629. The molecule has 0 saturated carbocycles. The van der Waals surface area contributed by atoms with Crippen molar-refractivity contribution in [2.75, 3.05) is 26.2 Å². The molecule has 1 saturated heterocycles. The van der Waals surface area contributed by atoms with Crippen LogP contribution in [0.15, 0.2) is 0 Å². The molecule has 1 aliphatic rings. The van der Waals surface area contributed by atoms with Gasteiger partial charge in [0.15, 0.2) is 0 Å². The highest BCUT2D eigenvalue weighted by atomic mass is 15.1. The maximum atomic E-state index is 3.49. The van der Waals surface area contributed by atoms with Crippen LogP contribution in [0.4, 0.5) is 0 Å². The molecule has 0 atom stereocenters. The molecule has 1 N–H and O–H groups in total. The summed E-state index contributed by atoms with van der Waals surface area (Å²) in [5, 5.41) is 3.49. The molecule has 1 rings (SSSR count). The minimum Gasteiger partial charge on any atom is -0.314 e. The van der Waals surface area contributed by atoms with Gasteiger partial charge in [-0.1, -0.05) is 34.1 Å². The van der Waals surface area contributed by atoms with E-state index < -0.39 is 0 Å². The normalized spacial score (nSPS) is 21.6. The second-order valence-electron chi connectivity index (χ2n) is 5.97. The van der Waals surface area contributed by atoms with Gasteiger partial charge in [0.1, 0.15) is 0 Å². The first kappa shape index (κ1) is 14.0. The number of piperidine rings is 1. The molecular weight excluding hydrogens is 196 g/mol. The van der Waals surface area contributed by atoms with Gasteiger partial charge in [0, 0.05) is 6.04 Å². The fraction of sp³-hybridized carbons (Fsp3) is 1.00. The third-order valence-electron chi connectivity index (χ3n) is 4.12. The van der Waals surface area contributed by atoms with Gasteiger partial charge in [-0.3, -0.25) is 0 Å². The van der Waals surface area contributed by atoms with Crippen molar-refractivity contribution in [3.05, 3.63) is 0 Å². The lowest BCUT2D eigenvalue weighted by molar-refractivity contribution is 0.114. The van der Waals surface area contributed by atoms with E-state index >= 15 is 0 Å². The maximum absolute atomic E-state index is 3.49. The van der Waals surface area contributed by atoms with Crippen molar-refractivity contribution < 1.29 is 0 Å². The summed E-state index contributed by atoms with van der Waals surface area (Å²) in [5.74, 6) is 0. The summed E-state index contributed by atoms with van der Waals surface area (Å²) < 4.78 is 0. The van der Waals surface area contributed by atoms with Crippen LogP contribution in [0, 0.1) is 5.41 Å². The van der Waals surface area contributed by atoms with Gasteiger partial charge < -0.3 is 10.2 Å². The Balaban J connectivity index is 2.08. The number of nitrogens with one attached hydrogen (secondary N) is 1. The smallest absolute Gasteiger partial charge is 0.00103 e. The number of hydrogen-bond acceptors (Lipinski definition) is 2. The van der Waals surface area contributed by atoms with Crippen LogP contribution >= 0.6 is 0 Å². The van der Waals surface area contributed by atoms with E-state index in [2.05, 4.69) is 37.9 Å². The highest BCUT2D eigenvalue weighted by Crippen LogP contribution is 2.33. The summed E-state index contributed by atoms with van der Waals surface area (Å²) in [5.41, 5.74) is 0.632. The summed E-state index contributed by atoms with van der Waals surface area (Å²) in [6, 6.07) is 0.629. The van der Waals surface area contributed by atoms with Crippen LogP contribution < -0.4 is 5.32 Å². The zero-order valence-electron chi connectivity index (χ0n) is 11.7. The minimum atomic E-state index is 0.629. The Morgan fingerprint density at radius 2 is 1.88 bits per heavy atom. The molecule has 1 fully saturated rings. The molecule has 96 valence electrons. The molecule has 0 aromatic carbocycles. The Morgan fingerprint density at radius 3 is 2.38 bits per heavy atom. The van der Waals surface area contributed by atoms with Crippen LogP contribution in [0.2, 0.25) is 0 Å². The first-order valence-corrected chi connectivity index (χ1v) is 7.01. The molecule has 0 unspecified atom stereocenters. The molecule has 0 radical (unpaired) electrons. The van der Waals surface area contributed by atoms with Crippen LogP contribution in [0.25, 0.3) is 0 Å². The quantitative estimate of drug-likeness (QED) is 0.701. The van der Waals surface area contributed by atoms with Crippen molar-refractivity contribution in [2.24, 2.45) is 5.41 Å². The molecule has 0 aromatic heterocycles. The van der Waals surface area contributed by atoms with E-state index in [1.807, 2.05) is 0 Å². The van der Waals surface area contributed by atoms with Crippen LogP contribution in [-0.4, -0.2) is 37.1 Å². The summed E-state index contributed by atoms with van der Waals surface area (Å²) in [4.78, 5) is 2.64. The lowest BCUT2D eigenvalue weighted by Gasteiger charge is -2.39. The van der Waals surface area contributed by atoms with E-state index in [0.29, 0.717) is 11.5 Å². The second kappa shape index (κ2) is 6.61. The van der Waals surface area contributed by atoms with E-state index in [1.165, 1.54) is 51.9 Å². The van der Waals surface area contributed by atoms with Crippen molar-refractivity contribution in [2.45, 2.75) is 59.4 Å². The molecule has 2 heteroatoms. The van der Waals surface area contributed by atoms with Gasteiger partial charge in [-0.25, -0.2) is 0 Å². The van der Waals surface area contributed by atoms with Gasteiger partial charge in [0.25, 0.3) is 0 Å². The molecule has 0 bridgehead atoms. The lowest BCUT2D eigenvalue weighted by atomic mass is 9.78. The van der Waals surface area contributed by atoms with Gasteiger partial charge in [0.05, 0.1) is 0 Å². The van der Waals surface area contributed by atoms with Crippen LogP contribution in [0.3, 0.4) is 0 Å². The highest BCUT2D eigenvalue weighted by molar-refractivity contribution is 4.81. The van der Waals surface area contributed by atoms with E-state index in [-0.39, 0.29) is 0 Å². The Labute approximate surface area is 102 Å². The molecule has 0 aromatic rings. The summed E-state index contributed by atoms with van der Waals surface area (Å²) in [7, 11) is 0. The van der Waals surface area contributed by atoms with Gasteiger partial charge in [-0.15, -0.1) is 0 Å². The van der Waals surface area contributed by atoms with Gasteiger partial charge in [-0.2, -0.15) is 0 Å². The monoisotopic (exact) mass is 226 g/mol. The molecule has 0 spiro atoms.